The molecule has 1 aromatic heterocycles. The van der Waals surface area contributed by atoms with Crippen molar-refractivity contribution in [1.82, 2.24) is 15.1 Å². The van der Waals surface area contributed by atoms with Crippen LogP contribution in [0.3, 0.4) is 0 Å². The van der Waals surface area contributed by atoms with Crippen LogP contribution in [0.1, 0.15) is 36.6 Å². The monoisotopic (exact) mass is 531 g/mol. The number of hydrogen-bond donors (Lipinski definition) is 3. The summed E-state index contributed by atoms with van der Waals surface area (Å²) in [6.45, 7) is -0.528. The van der Waals surface area contributed by atoms with E-state index >= 15 is 0 Å². The van der Waals surface area contributed by atoms with Gasteiger partial charge < -0.3 is 10.1 Å². The summed E-state index contributed by atoms with van der Waals surface area (Å²) in [5.74, 6) is 0.185. The van der Waals surface area contributed by atoms with Crippen LogP contribution in [0.4, 0.5) is 8.78 Å². The van der Waals surface area contributed by atoms with Crippen molar-refractivity contribution in [3.05, 3.63) is 71.4 Å². The highest BCUT2D eigenvalue weighted by molar-refractivity contribution is 8.24. The third kappa shape index (κ3) is 5.81. The number of aromatic nitrogens is 2. The molecule has 1 aliphatic carbocycles. The number of amides is 1. The van der Waals surface area contributed by atoms with E-state index in [1.54, 1.807) is 12.1 Å². The van der Waals surface area contributed by atoms with E-state index in [4.69, 9.17) is 5.10 Å². The maximum atomic E-state index is 13.3. The number of halogens is 2. The highest BCUT2D eigenvalue weighted by Crippen LogP contribution is 2.50. The van der Waals surface area contributed by atoms with Crippen LogP contribution in [0.2, 0.25) is 0 Å². The first-order valence-electron chi connectivity index (χ1n) is 12.3. The largest absolute Gasteiger partial charge is 0.435 e. The normalized spacial score (nSPS) is 23.5. The van der Waals surface area contributed by atoms with Crippen molar-refractivity contribution >= 4 is 16.5 Å². The average Bonchev–Trinajstić information content (AvgIpc) is 3.34. The number of carbonyl (C=O) groups excluding carboxylic acids is 1. The second-order valence-electron chi connectivity index (χ2n) is 10.2. The lowest BCUT2D eigenvalue weighted by molar-refractivity contribution is -0.126. The fraction of sp³-hybridized carbons (Fsp3) is 0.407. The Morgan fingerprint density at radius 3 is 2.73 bits per heavy atom. The van der Waals surface area contributed by atoms with E-state index in [0.29, 0.717) is 49.2 Å². The second-order valence-corrected chi connectivity index (χ2v) is 12.5. The first-order valence-corrected chi connectivity index (χ1v) is 14.2. The number of nitrogens with one attached hydrogen (secondary N) is 1. The van der Waals surface area contributed by atoms with Crippen molar-refractivity contribution in [3.8, 4) is 17.0 Å². The summed E-state index contributed by atoms with van der Waals surface area (Å²) in [4.78, 5) is 13.3. The van der Waals surface area contributed by atoms with Gasteiger partial charge in [-0.05, 0) is 43.9 Å². The zero-order chi connectivity index (χ0) is 26.2. The van der Waals surface area contributed by atoms with Gasteiger partial charge in [-0.25, -0.2) is 0 Å². The zero-order valence-electron chi connectivity index (χ0n) is 20.6. The summed E-state index contributed by atoms with van der Waals surface area (Å²) in [5, 5.41) is 7.98. The molecule has 3 N–H and O–H groups in total. The van der Waals surface area contributed by atoms with Gasteiger partial charge in [0.1, 0.15) is 5.75 Å². The van der Waals surface area contributed by atoms with Gasteiger partial charge in [-0.15, -0.1) is 0 Å². The van der Waals surface area contributed by atoms with Gasteiger partial charge in [0.15, 0.2) is 0 Å². The number of benzene rings is 2. The minimum atomic E-state index is -2.91. The Morgan fingerprint density at radius 2 is 2.03 bits per heavy atom. The van der Waals surface area contributed by atoms with Crippen molar-refractivity contribution in [2.24, 2.45) is 5.92 Å². The van der Waals surface area contributed by atoms with Crippen molar-refractivity contribution in [2.45, 2.75) is 51.3 Å². The number of nitrogens with zero attached hydrogens (tertiary/aromatic N) is 2. The molecule has 2 aromatic carbocycles. The maximum Gasteiger partial charge on any atom is 0.387 e. The summed E-state index contributed by atoms with van der Waals surface area (Å²) in [6, 6.07) is 16.4. The Balaban J connectivity index is 1.44. The van der Waals surface area contributed by atoms with Crippen LogP contribution < -0.4 is 10.1 Å². The SMILES string of the molecule is CC1(NC(=O)C2CCc3c(-c4cccc(OC(F)F)c4)nn(Cc4ccccc4)c3C2)CCS(O)(O)C1. The van der Waals surface area contributed by atoms with Gasteiger partial charge in [0.2, 0.25) is 5.91 Å². The Morgan fingerprint density at radius 1 is 1.24 bits per heavy atom. The predicted molar refractivity (Wildman–Crippen MR) is 139 cm³/mol. The Hall–Kier alpha value is -2.95. The lowest BCUT2D eigenvalue weighted by Crippen LogP contribution is -2.49. The van der Waals surface area contributed by atoms with Gasteiger partial charge in [-0.3, -0.25) is 18.6 Å². The van der Waals surface area contributed by atoms with E-state index in [0.717, 1.165) is 16.8 Å². The summed E-state index contributed by atoms with van der Waals surface area (Å²) in [7, 11) is -2.64. The van der Waals surface area contributed by atoms with Crippen LogP contribution in [-0.4, -0.2) is 48.4 Å². The van der Waals surface area contributed by atoms with E-state index in [1.807, 2.05) is 48.0 Å². The van der Waals surface area contributed by atoms with Crippen LogP contribution in [0.15, 0.2) is 54.6 Å². The Labute approximate surface area is 216 Å². The summed E-state index contributed by atoms with van der Waals surface area (Å²) in [6.07, 6.45) is 2.25. The van der Waals surface area contributed by atoms with Gasteiger partial charge >= 0.3 is 6.61 Å². The Bertz CT molecular complexity index is 1280. The average molecular weight is 532 g/mol. The molecule has 3 aromatic rings. The number of carbonyl (C=O) groups is 1. The molecule has 37 heavy (non-hydrogen) atoms. The zero-order valence-corrected chi connectivity index (χ0v) is 21.4. The molecule has 0 spiro atoms. The van der Waals surface area contributed by atoms with Crippen LogP contribution in [0.25, 0.3) is 11.3 Å². The number of ether oxygens (including phenoxy) is 1. The Kier molecular flexibility index (Phi) is 6.99. The van der Waals surface area contributed by atoms with Crippen molar-refractivity contribution < 1.29 is 27.4 Å². The van der Waals surface area contributed by atoms with Crippen molar-refractivity contribution in [2.75, 3.05) is 11.5 Å². The van der Waals surface area contributed by atoms with Gasteiger partial charge in [-0.1, -0.05) is 42.5 Å². The molecule has 7 nitrogen and oxygen atoms in total. The summed E-state index contributed by atoms with van der Waals surface area (Å²) >= 11 is 0. The lowest BCUT2D eigenvalue weighted by atomic mass is 9.84. The summed E-state index contributed by atoms with van der Waals surface area (Å²) in [5.41, 5.74) is 3.79. The minimum absolute atomic E-state index is 0.0719. The quantitative estimate of drug-likeness (QED) is 0.383. The predicted octanol–water partition coefficient (Wildman–Crippen LogP) is 5.33. The topological polar surface area (TPSA) is 96.6 Å². The number of fused-ring (bicyclic) bond motifs is 1. The van der Waals surface area contributed by atoms with E-state index in [9.17, 15) is 22.7 Å². The molecule has 0 bridgehead atoms. The highest BCUT2D eigenvalue weighted by Gasteiger charge is 2.41. The molecule has 5 rings (SSSR count). The molecule has 2 atom stereocenters. The molecule has 2 unspecified atom stereocenters. The number of rotatable bonds is 7. The van der Waals surface area contributed by atoms with Crippen LogP contribution in [0.5, 0.6) is 5.75 Å². The fourth-order valence-electron chi connectivity index (χ4n) is 5.38. The van der Waals surface area contributed by atoms with Crippen LogP contribution in [-0.2, 0) is 24.2 Å². The fourth-order valence-corrected chi connectivity index (χ4v) is 7.54. The van der Waals surface area contributed by atoms with Crippen LogP contribution in [0, 0.1) is 5.92 Å². The molecular formula is C27H31F2N3O4S. The standard InChI is InChI=1S/C27H31F2N3O4S/c1-27(12-13-37(34,35)17-27)30-25(33)20-10-11-22-23(15-20)32(16-18-6-3-2-4-7-18)31-24(22)19-8-5-9-21(14-19)36-26(28)29/h2-9,14,20,26,34-35H,10-13,15-17H2,1H3,(H,30,33). The first kappa shape index (κ1) is 25.7. The molecule has 1 fully saturated rings. The molecule has 1 amide bonds. The van der Waals surface area contributed by atoms with Crippen molar-refractivity contribution in [1.29, 1.82) is 0 Å². The van der Waals surface area contributed by atoms with E-state index in [1.165, 1.54) is 6.07 Å². The van der Waals surface area contributed by atoms with Gasteiger partial charge in [0.25, 0.3) is 0 Å². The summed E-state index contributed by atoms with van der Waals surface area (Å²) < 4.78 is 52.2. The van der Waals surface area contributed by atoms with Crippen LogP contribution >= 0.6 is 10.6 Å². The molecule has 0 saturated carbocycles. The van der Waals surface area contributed by atoms with E-state index in [2.05, 4.69) is 10.1 Å². The second kappa shape index (κ2) is 10.1. The number of hydrogen-bond acceptors (Lipinski definition) is 5. The highest BCUT2D eigenvalue weighted by atomic mass is 32.3. The molecule has 1 saturated heterocycles. The van der Waals surface area contributed by atoms with Gasteiger partial charge in [0.05, 0.1) is 23.5 Å². The minimum Gasteiger partial charge on any atom is -0.435 e. The van der Waals surface area contributed by atoms with E-state index in [-0.39, 0.29) is 23.3 Å². The molecule has 1 aliphatic heterocycles. The molecule has 198 valence electrons. The van der Waals surface area contributed by atoms with Crippen molar-refractivity contribution in [3.63, 3.8) is 0 Å². The first-order chi connectivity index (χ1) is 17.6. The molecule has 2 aliphatic rings. The van der Waals surface area contributed by atoms with E-state index < -0.39 is 22.7 Å². The maximum absolute atomic E-state index is 13.3. The smallest absolute Gasteiger partial charge is 0.387 e. The third-order valence-electron chi connectivity index (χ3n) is 7.18. The molecule has 2 heterocycles. The lowest BCUT2D eigenvalue weighted by Gasteiger charge is -2.32. The molecule has 10 heteroatoms. The van der Waals surface area contributed by atoms with Gasteiger partial charge in [0, 0.05) is 34.9 Å². The number of alkyl halides is 2. The molecule has 0 radical (unpaired) electrons. The molecular weight excluding hydrogens is 500 g/mol. The third-order valence-corrected chi connectivity index (χ3v) is 9.14. The van der Waals surface area contributed by atoms with Gasteiger partial charge in [-0.2, -0.15) is 24.5 Å².